The molecule has 0 bridgehead atoms. The summed E-state index contributed by atoms with van der Waals surface area (Å²) in [6.07, 6.45) is 0.159. The number of tetrazole rings is 1. The Morgan fingerprint density at radius 1 is 1.23 bits per heavy atom. The third-order valence-corrected chi connectivity index (χ3v) is 3.78. The highest BCUT2D eigenvalue weighted by molar-refractivity contribution is 5.89. The van der Waals surface area contributed by atoms with E-state index in [1.807, 2.05) is 30.3 Å². The first-order valence-electron chi connectivity index (χ1n) is 8.08. The van der Waals surface area contributed by atoms with Crippen LogP contribution in [-0.4, -0.2) is 44.0 Å². The average molecular weight is 359 g/mol. The quantitative estimate of drug-likeness (QED) is 0.583. The molecule has 1 unspecified atom stereocenters. The summed E-state index contributed by atoms with van der Waals surface area (Å²) in [5, 5.41) is 14.0. The maximum atomic E-state index is 12.3. The maximum Gasteiger partial charge on any atom is 0.361 e. The van der Waals surface area contributed by atoms with Crippen molar-refractivity contribution in [2.24, 2.45) is 11.5 Å². The van der Waals surface area contributed by atoms with E-state index in [9.17, 15) is 14.4 Å². The molecule has 0 aliphatic rings. The molecule has 0 aliphatic carbocycles. The van der Waals surface area contributed by atoms with Crippen LogP contribution in [0.3, 0.4) is 0 Å². The van der Waals surface area contributed by atoms with E-state index in [2.05, 4.69) is 20.7 Å². The van der Waals surface area contributed by atoms with Gasteiger partial charge in [0, 0.05) is 13.0 Å². The van der Waals surface area contributed by atoms with Crippen molar-refractivity contribution in [1.29, 1.82) is 0 Å². The van der Waals surface area contributed by atoms with Gasteiger partial charge < -0.3 is 16.8 Å². The van der Waals surface area contributed by atoms with Crippen molar-refractivity contribution in [2.45, 2.75) is 38.3 Å². The van der Waals surface area contributed by atoms with E-state index < -0.39 is 23.9 Å². The van der Waals surface area contributed by atoms with Crippen molar-refractivity contribution in [3.63, 3.8) is 0 Å². The standard InChI is InChI=1S/C16H21N7O3/c1-10(14(25)12(17)7-8-13(18)24)15-20-22-23(21-15)16(26)19-9-11-5-3-2-4-6-11/h2-6,10,12H,7-9,17H2,1H3,(H2,18,24)(H,19,26)/t10?,12-/m0/s1. The highest BCUT2D eigenvalue weighted by Crippen LogP contribution is 2.13. The molecule has 26 heavy (non-hydrogen) atoms. The first kappa shape index (κ1) is 19.2. The number of hydrogen-bond donors (Lipinski definition) is 3. The van der Waals surface area contributed by atoms with Crippen molar-refractivity contribution in [3.05, 3.63) is 41.7 Å². The minimum atomic E-state index is -0.864. The molecular weight excluding hydrogens is 338 g/mol. The third kappa shape index (κ3) is 5.18. The van der Waals surface area contributed by atoms with Gasteiger partial charge in [0.2, 0.25) is 5.91 Å². The summed E-state index contributed by atoms with van der Waals surface area (Å²) >= 11 is 0. The number of nitrogens with zero attached hydrogens (tertiary/aromatic N) is 4. The van der Waals surface area contributed by atoms with Gasteiger partial charge in [0.1, 0.15) is 0 Å². The fourth-order valence-corrected chi connectivity index (χ4v) is 2.22. The second-order valence-electron chi connectivity index (χ2n) is 5.82. The van der Waals surface area contributed by atoms with Crippen molar-refractivity contribution in [3.8, 4) is 0 Å². The minimum Gasteiger partial charge on any atom is -0.370 e. The Balaban J connectivity index is 1.93. The molecule has 1 heterocycles. The molecule has 138 valence electrons. The second kappa shape index (κ2) is 8.81. The number of amides is 2. The zero-order chi connectivity index (χ0) is 19.1. The number of hydrogen-bond acceptors (Lipinski definition) is 7. The van der Waals surface area contributed by atoms with Gasteiger partial charge in [-0.05, 0) is 24.1 Å². The summed E-state index contributed by atoms with van der Waals surface area (Å²) in [7, 11) is 0. The monoisotopic (exact) mass is 359 g/mol. The Morgan fingerprint density at radius 2 is 1.92 bits per heavy atom. The van der Waals surface area contributed by atoms with Gasteiger partial charge in [0.15, 0.2) is 11.6 Å². The minimum absolute atomic E-state index is 0.0155. The van der Waals surface area contributed by atoms with Crippen LogP contribution < -0.4 is 16.8 Å². The van der Waals surface area contributed by atoms with E-state index in [1.54, 1.807) is 6.92 Å². The smallest absolute Gasteiger partial charge is 0.361 e. The molecule has 10 heteroatoms. The van der Waals surface area contributed by atoms with Gasteiger partial charge in [-0.3, -0.25) is 9.59 Å². The molecule has 10 nitrogen and oxygen atoms in total. The summed E-state index contributed by atoms with van der Waals surface area (Å²) < 4.78 is 0. The zero-order valence-corrected chi connectivity index (χ0v) is 14.3. The van der Waals surface area contributed by atoms with Crippen LogP contribution >= 0.6 is 0 Å². The Bertz CT molecular complexity index is 775. The molecule has 0 radical (unpaired) electrons. The molecule has 0 fully saturated rings. The van der Waals surface area contributed by atoms with Crippen LogP contribution in [0.5, 0.6) is 0 Å². The SMILES string of the molecule is CC(C(=O)[C@@H](N)CCC(N)=O)c1nnn(C(=O)NCc2ccccc2)n1. The van der Waals surface area contributed by atoms with E-state index >= 15 is 0 Å². The molecule has 0 saturated heterocycles. The molecule has 2 rings (SSSR count). The van der Waals surface area contributed by atoms with Crippen LogP contribution in [0.2, 0.25) is 0 Å². The molecule has 1 aromatic heterocycles. The van der Waals surface area contributed by atoms with Crippen LogP contribution in [0, 0.1) is 0 Å². The number of aromatic nitrogens is 4. The van der Waals surface area contributed by atoms with Crippen LogP contribution in [0.1, 0.15) is 37.1 Å². The first-order valence-corrected chi connectivity index (χ1v) is 8.08. The summed E-state index contributed by atoms with van der Waals surface area (Å²) in [6, 6.07) is 7.91. The van der Waals surface area contributed by atoms with Gasteiger partial charge in [0.25, 0.3) is 0 Å². The Morgan fingerprint density at radius 3 is 2.58 bits per heavy atom. The van der Waals surface area contributed by atoms with E-state index in [0.717, 1.165) is 10.4 Å². The number of carbonyl (C=O) groups is 3. The number of nitrogens with one attached hydrogen (secondary N) is 1. The molecule has 2 atom stereocenters. The van der Waals surface area contributed by atoms with E-state index in [-0.39, 0.29) is 24.4 Å². The number of nitrogens with two attached hydrogens (primary N) is 2. The fourth-order valence-electron chi connectivity index (χ4n) is 2.22. The lowest BCUT2D eigenvalue weighted by Crippen LogP contribution is -2.35. The van der Waals surface area contributed by atoms with Gasteiger partial charge in [-0.15, -0.1) is 10.2 Å². The number of carbonyl (C=O) groups excluding carboxylic acids is 3. The topological polar surface area (TPSA) is 159 Å². The predicted octanol–water partition coefficient (Wildman–Crippen LogP) is -0.304. The zero-order valence-electron chi connectivity index (χ0n) is 14.3. The molecule has 5 N–H and O–H groups in total. The predicted molar refractivity (Wildman–Crippen MR) is 91.7 cm³/mol. The Labute approximate surface area is 149 Å². The second-order valence-corrected chi connectivity index (χ2v) is 5.82. The summed E-state index contributed by atoms with van der Waals surface area (Å²) in [5.41, 5.74) is 11.7. The highest BCUT2D eigenvalue weighted by atomic mass is 16.2. The maximum absolute atomic E-state index is 12.3. The van der Waals surface area contributed by atoms with Crippen molar-refractivity contribution in [2.75, 3.05) is 0 Å². The van der Waals surface area contributed by atoms with E-state index in [0.29, 0.717) is 6.54 Å². The molecule has 2 amide bonds. The van der Waals surface area contributed by atoms with Crippen LogP contribution in [0.15, 0.2) is 30.3 Å². The van der Waals surface area contributed by atoms with Gasteiger partial charge in [0.05, 0.1) is 12.0 Å². The molecule has 2 aromatic rings. The third-order valence-electron chi connectivity index (χ3n) is 3.78. The van der Waals surface area contributed by atoms with Crippen molar-refractivity contribution in [1.82, 2.24) is 25.5 Å². The summed E-state index contributed by atoms with van der Waals surface area (Å²) in [5.74, 6) is -1.55. The van der Waals surface area contributed by atoms with Gasteiger partial charge >= 0.3 is 6.03 Å². The van der Waals surface area contributed by atoms with E-state index in [4.69, 9.17) is 11.5 Å². The number of Topliss-reactive ketones (excluding diaryl/α,β-unsaturated/α-hetero) is 1. The molecule has 0 aliphatic heterocycles. The largest absolute Gasteiger partial charge is 0.370 e. The molecule has 0 spiro atoms. The van der Waals surface area contributed by atoms with Crippen LogP contribution in [0.25, 0.3) is 0 Å². The normalized spacial score (nSPS) is 13.0. The highest BCUT2D eigenvalue weighted by Gasteiger charge is 2.26. The number of primary amides is 1. The number of rotatable bonds is 8. The number of benzene rings is 1. The summed E-state index contributed by atoms with van der Waals surface area (Å²) in [4.78, 5) is 35.9. The molecular formula is C16H21N7O3. The van der Waals surface area contributed by atoms with Gasteiger partial charge in [-0.1, -0.05) is 35.1 Å². The van der Waals surface area contributed by atoms with Crippen molar-refractivity contribution < 1.29 is 14.4 Å². The first-order chi connectivity index (χ1) is 12.4. The lowest BCUT2D eigenvalue weighted by Gasteiger charge is -2.12. The van der Waals surface area contributed by atoms with Gasteiger partial charge in [-0.25, -0.2) is 4.79 Å². The van der Waals surface area contributed by atoms with Crippen LogP contribution in [0.4, 0.5) is 4.79 Å². The average Bonchev–Trinajstić information content (AvgIpc) is 3.14. The molecule has 1 aromatic carbocycles. The Hall–Kier alpha value is -3.14. The molecule has 0 saturated carbocycles. The van der Waals surface area contributed by atoms with Gasteiger partial charge in [-0.2, -0.15) is 0 Å². The summed E-state index contributed by atoms with van der Waals surface area (Å²) in [6.45, 7) is 1.87. The fraction of sp³-hybridized carbons (Fsp3) is 0.375. The lowest BCUT2D eigenvalue weighted by molar-refractivity contribution is -0.122. The Kier molecular flexibility index (Phi) is 6.50. The number of ketones is 1. The van der Waals surface area contributed by atoms with Crippen molar-refractivity contribution >= 4 is 17.7 Å². The lowest BCUT2D eigenvalue weighted by atomic mass is 9.96. The van der Waals surface area contributed by atoms with E-state index in [1.165, 1.54) is 0 Å². The van der Waals surface area contributed by atoms with Crippen LogP contribution in [-0.2, 0) is 16.1 Å².